The molecule has 1 unspecified atom stereocenters. The summed E-state index contributed by atoms with van der Waals surface area (Å²) >= 11 is 0. The summed E-state index contributed by atoms with van der Waals surface area (Å²) in [5.74, 6) is 0.187. The van der Waals surface area contributed by atoms with Crippen molar-refractivity contribution in [1.82, 2.24) is 5.32 Å². The fourth-order valence-electron chi connectivity index (χ4n) is 2.74. The van der Waals surface area contributed by atoms with Crippen molar-refractivity contribution in [3.8, 4) is 0 Å². The van der Waals surface area contributed by atoms with Crippen molar-refractivity contribution in [2.24, 2.45) is 0 Å². The largest absolute Gasteiger partial charge is 0.377 e. The fraction of sp³-hybridized carbons (Fsp3) is 0.562. The number of hydrogen-bond acceptors (Lipinski definition) is 3. The molecule has 2 rings (SSSR count). The monoisotopic (exact) mass is 275 g/mol. The molecule has 1 N–H and O–H groups in total. The van der Waals surface area contributed by atoms with E-state index in [1.807, 2.05) is 25.1 Å². The van der Waals surface area contributed by atoms with Gasteiger partial charge in [-0.3, -0.25) is 4.79 Å². The summed E-state index contributed by atoms with van der Waals surface area (Å²) in [6.07, 6.45) is 0.877. The predicted octanol–water partition coefficient (Wildman–Crippen LogP) is 2.16. The highest BCUT2D eigenvalue weighted by molar-refractivity contribution is 5.99. The number of hydrogen-bond donors (Lipinski definition) is 1. The Morgan fingerprint density at radius 2 is 2.05 bits per heavy atom. The molecule has 0 aliphatic carbocycles. The van der Waals surface area contributed by atoms with E-state index >= 15 is 0 Å². The average Bonchev–Trinajstić information content (AvgIpc) is 2.71. The van der Waals surface area contributed by atoms with Crippen LogP contribution < -0.4 is 15.1 Å². The molecule has 1 aromatic carbocycles. The number of nitrogens with one attached hydrogen (secondary N) is 1. The Balaban J connectivity index is 2.21. The van der Waals surface area contributed by atoms with Crippen LogP contribution >= 0.6 is 0 Å². The highest BCUT2D eigenvalue weighted by Crippen LogP contribution is 2.28. The average molecular weight is 275 g/mol. The van der Waals surface area contributed by atoms with Crippen molar-refractivity contribution >= 4 is 17.3 Å². The van der Waals surface area contributed by atoms with Gasteiger partial charge in [-0.1, -0.05) is 19.9 Å². The van der Waals surface area contributed by atoms with Gasteiger partial charge in [0.1, 0.15) is 0 Å². The number of amides is 1. The molecule has 1 amide bonds. The summed E-state index contributed by atoms with van der Waals surface area (Å²) in [5.41, 5.74) is 3.38. The lowest BCUT2D eigenvalue weighted by molar-refractivity contribution is -0.118. The third-order valence-electron chi connectivity index (χ3n) is 3.73. The molecule has 0 spiro atoms. The fourth-order valence-corrected chi connectivity index (χ4v) is 2.74. The molecule has 20 heavy (non-hydrogen) atoms. The van der Waals surface area contributed by atoms with E-state index in [2.05, 4.69) is 43.1 Å². The van der Waals surface area contributed by atoms with Gasteiger partial charge in [-0.2, -0.15) is 0 Å². The number of anilines is 2. The second kappa shape index (κ2) is 5.83. The second-order valence-corrected chi connectivity index (χ2v) is 6.02. The van der Waals surface area contributed by atoms with Gasteiger partial charge in [0.05, 0.1) is 6.04 Å². The zero-order valence-electron chi connectivity index (χ0n) is 13.1. The molecule has 1 saturated heterocycles. The van der Waals surface area contributed by atoms with Crippen LogP contribution in [0.4, 0.5) is 11.4 Å². The van der Waals surface area contributed by atoms with Crippen molar-refractivity contribution in [3.05, 3.63) is 23.8 Å². The molecule has 0 aromatic heterocycles. The van der Waals surface area contributed by atoms with E-state index in [4.69, 9.17) is 0 Å². The summed E-state index contributed by atoms with van der Waals surface area (Å²) in [4.78, 5) is 16.4. The van der Waals surface area contributed by atoms with Gasteiger partial charge in [0.15, 0.2) is 0 Å². The Bertz CT molecular complexity index is 496. The lowest BCUT2D eigenvalue weighted by atomic mass is 10.1. The first-order chi connectivity index (χ1) is 9.40. The minimum atomic E-state index is -0.0425. The molecular formula is C16H25N3O. The number of benzene rings is 1. The maximum absolute atomic E-state index is 12.5. The van der Waals surface area contributed by atoms with Crippen LogP contribution in [-0.4, -0.2) is 38.6 Å². The van der Waals surface area contributed by atoms with Crippen LogP contribution in [-0.2, 0) is 4.79 Å². The summed E-state index contributed by atoms with van der Waals surface area (Å²) in [6.45, 7) is 7.03. The smallest absolute Gasteiger partial charge is 0.244 e. The van der Waals surface area contributed by atoms with E-state index in [9.17, 15) is 4.79 Å². The van der Waals surface area contributed by atoms with E-state index < -0.39 is 0 Å². The van der Waals surface area contributed by atoms with Gasteiger partial charge in [0.25, 0.3) is 0 Å². The van der Waals surface area contributed by atoms with Crippen LogP contribution in [0.15, 0.2) is 18.2 Å². The Kier molecular flexibility index (Phi) is 4.33. The van der Waals surface area contributed by atoms with Gasteiger partial charge in [0.2, 0.25) is 5.91 Å². The number of aryl methyl sites for hydroxylation is 1. The number of carbonyl (C=O) groups excluding carboxylic acids is 1. The van der Waals surface area contributed by atoms with Crippen molar-refractivity contribution in [3.63, 3.8) is 0 Å². The lowest BCUT2D eigenvalue weighted by Gasteiger charge is -2.22. The third-order valence-corrected chi connectivity index (χ3v) is 3.73. The van der Waals surface area contributed by atoms with Gasteiger partial charge < -0.3 is 15.1 Å². The van der Waals surface area contributed by atoms with E-state index in [0.717, 1.165) is 24.3 Å². The van der Waals surface area contributed by atoms with Crippen LogP contribution in [0, 0.1) is 6.92 Å². The summed E-state index contributed by atoms with van der Waals surface area (Å²) in [6, 6.07) is 6.52. The first-order valence-corrected chi connectivity index (χ1v) is 7.25. The Morgan fingerprint density at radius 3 is 2.65 bits per heavy atom. The number of rotatable bonds is 4. The van der Waals surface area contributed by atoms with Gasteiger partial charge in [-0.15, -0.1) is 0 Å². The predicted molar refractivity (Wildman–Crippen MR) is 84.5 cm³/mol. The molecule has 0 bridgehead atoms. The van der Waals surface area contributed by atoms with Gasteiger partial charge in [-0.25, -0.2) is 0 Å². The van der Waals surface area contributed by atoms with Crippen LogP contribution in [0.2, 0.25) is 0 Å². The molecular weight excluding hydrogens is 250 g/mol. The quantitative estimate of drug-likeness (QED) is 0.914. The van der Waals surface area contributed by atoms with Crippen molar-refractivity contribution < 1.29 is 4.79 Å². The Morgan fingerprint density at radius 1 is 1.35 bits per heavy atom. The molecule has 1 aliphatic heterocycles. The van der Waals surface area contributed by atoms with Gasteiger partial charge >= 0.3 is 0 Å². The highest BCUT2D eigenvalue weighted by atomic mass is 16.2. The second-order valence-electron chi connectivity index (χ2n) is 6.02. The first kappa shape index (κ1) is 14.9. The third kappa shape index (κ3) is 2.96. The highest BCUT2D eigenvalue weighted by Gasteiger charge is 2.32. The zero-order valence-corrected chi connectivity index (χ0v) is 13.1. The molecule has 0 saturated carbocycles. The molecule has 0 radical (unpaired) electrons. The lowest BCUT2D eigenvalue weighted by Crippen LogP contribution is -2.41. The SMILES string of the molecule is Cc1ccc(N2CCC(NC(C)C)C2=O)cc1N(C)C. The first-order valence-electron chi connectivity index (χ1n) is 7.25. The molecule has 1 aliphatic rings. The van der Waals surface area contributed by atoms with Crippen molar-refractivity contribution in [1.29, 1.82) is 0 Å². The molecule has 110 valence electrons. The van der Waals surface area contributed by atoms with E-state index in [1.165, 1.54) is 5.56 Å². The topological polar surface area (TPSA) is 35.6 Å². The van der Waals surface area contributed by atoms with Crippen LogP contribution in [0.3, 0.4) is 0 Å². The van der Waals surface area contributed by atoms with Crippen LogP contribution in [0.1, 0.15) is 25.8 Å². The summed E-state index contributed by atoms with van der Waals surface area (Å²) in [5, 5.41) is 3.34. The van der Waals surface area contributed by atoms with Crippen LogP contribution in [0.25, 0.3) is 0 Å². The summed E-state index contributed by atoms with van der Waals surface area (Å²) in [7, 11) is 4.06. The van der Waals surface area contributed by atoms with E-state index in [-0.39, 0.29) is 11.9 Å². The molecule has 4 heteroatoms. The standard InChI is InChI=1S/C16H25N3O/c1-11(2)17-14-8-9-19(16(14)20)13-7-6-12(3)15(10-13)18(4)5/h6-7,10-11,14,17H,8-9H2,1-5H3. The van der Waals surface area contributed by atoms with Crippen LogP contribution in [0.5, 0.6) is 0 Å². The number of carbonyl (C=O) groups is 1. The van der Waals surface area contributed by atoms with Crippen molar-refractivity contribution in [2.75, 3.05) is 30.4 Å². The normalized spacial score (nSPS) is 19.0. The molecule has 4 nitrogen and oxygen atoms in total. The maximum atomic E-state index is 12.5. The molecule has 1 aromatic rings. The minimum absolute atomic E-state index is 0.0425. The summed E-state index contributed by atoms with van der Waals surface area (Å²) < 4.78 is 0. The maximum Gasteiger partial charge on any atom is 0.244 e. The van der Waals surface area contributed by atoms with Crippen molar-refractivity contribution in [2.45, 2.75) is 39.3 Å². The molecule has 1 heterocycles. The number of nitrogens with zero attached hydrogens (tertiary/aromatic N) is 2. The Hall–Kier alpha value is -1.55. The van der Waals surface area contributed by atoms with Gasteiger partial charge in [-0.05, 0) is 31.0 Å². The minimum Gasteiger partial charge on any atom is -0.377 e. The van der Waals surface area contributed by atoms with E-state index in [1.54, 1.807) is 0 Å². The van der Waals surface area contributed by atoms with Gasteiger partial charge in [0, 0.05) is 38.1 Å². The van der Waals surface area contributed by atoms with E-state index in [0.29, 0.717) is 6.04 Å². The molecule has 1 fully saturated rings. The zero-order chi connectivity index (χ0) is 14.9. The Labute approximate surface area is 121 Å². The molecule has 1 atom stereocenters.